The first-order valence-corrected chi connectivity index (χ1v) is 6.17. The average Bonchev–Trinajstić information content (AvgIpc) is 2.45. The van der Waals surface area contributed by atoms with Crippen LogP contribution in [-0.4, -0.2) is 37.9 Å². The number of benzene rings is 1. The van der Waals surface area contributed by atoms with Crippen LogP contribution >= 0.6 is 0 Å². The fraction of sp³-hybridized carbons (Fsp3) is 0.429. The summed E-state index contributed by atoms with van der Waals surface area (Å²) in [5, 5.41) is 2.77. The molecule has 6 nitrogen and oxygen atoms in total. The van der Waals surface area contributed by atoms with Crippen LogP contribution in [0.25, 0.3) is 0 Å². The van der Waals surface area contributed by atoms with Crippen LogP contribution in [0.5, 0.6) is 0 Å². The molecule has 1 rings (SSSR count). The SMILES string of the molecule is COC(=O)[C@H](Cc1ccccc1)NC(C)(N)C(=O)OC. The van der Waals surface area contributed by atoms with Crippen LogP contribution < -0.4 is 11.1 Å². The molecular formula is C14H20N2O4. The van der Waals surface area contributed by atoms with Crippen LogP contribution in [0.1, 0.15) is 12.5 Å². The molecule has 0 bridgehead atoms. The van der Waals surface area contributed by atoms with Gasteiger partial charge in [-0.2, -0.15) is 0 Å². The van der Waals surface area contributed by atoms with Gasteiger partial charge in [-0.3, -0.25) is 10.1 Å². The van der Waals surface area contributed by atoms with E-state index in [-0.39, 0.29) is 0 Å². The first-order valence-electron chi connectivity index (χ1n) is 6.17. The van der Waals surface area contributed by atoms with E-state index in [0.29, 0.717) is 6.42 Å². The first kappa shape index (κ1) is 16.1. The van der Waals surface area contributed by atoms with Crippen molar-refractivity contribution in [2.75, 3.05) is 14.2 Å². The van der Waals surface area contributed by atoms with E-state index < -0.39 is 23.6 Å². The van der Waals surface area contributed by atoms with Gasteiger partial charge in [0.15, 0.2) is 5.66 Å². The highest BCUT2D eigenvalue weighted by Crippen LogP contribution is 2.08. The van der Waals surface area contributed by atoms with Crippen LogP contribution in [0.2, 0.25) is 0 Å². The van der Waals surface area contributed by atoms with Crippen LogP contribution in [0.15, 0.2) is 30.3 Å². The zero-order chi connectivity index (χ0) is 15.2. The normalized spacial score (nSPS) is 15.0. The van der Waals surface area contributed by atoms with Gasteiger partial charge in [0.1, 0.15) is 6.04 Å². The van der Waals surface area contributed by atoms with E-state index in [4.69, 9.17) is 10.5 Å². The van der Waals surface area contributed by atoms with E-state index in [1.165, 1.54) is 21.1 Å². The van der Waals surface area contributed by atoms with Gasteiger partial charge < -0.3 is 15.2 Å². The number of nitrogens with one attached hydrogen (secondary N) is 1. The number of hydrogen-bond donors (Lipinski definition) is 2. The second-order valence-corrected chi connectivity index (χ2v) is 4.60. The van der Waals surface area contributed by atoms with Crippen molar-refractivity contribution >= 4 is 11.9 Å². The summed E-state index contributed by atoms with van der Waals surface area (Å²) in [6.07, 6.45) is 0.358. The molecule has 0 saturated heterocycles. The number of esters is 2. The molecule has 0 aliphatic carbocycles. The van der Waals surface area contributed by atoms with E-state index in [1.807, 2.05) is 30.3 Å². The van der Waals surface area contributed by atoms with Gasteiger partial charge in [0, 0.05) is 0 Å². The monoisotopic (exact) mass is 280 g/mol. The minimum absolute atomic E-state index is 0.358. The molecule has 0 aromatic heterocycles. The van der Waals surface area contributed by atoms with Gasteiger partial charge in [-0.05, 0) is 18.9 Å². The molecule has 0 heterocycles. The zero-order valence-electron chi connectivity index (χ0n) is 11.9. The number of hydrogen-bond acceptors (Lipinski definition) is 6. The standard InChI is InChI=1S/C14H20N2O4/c1-14(15,13(18)20-3)16-11(12(17)19-2)9-10-7-5-4-6-8-10/h4-8,11,16H,9,15H2,1-3H3/t11-,14?/m0/s1. The lowest BCUT2D eigenvalue weighted by Gasteiger charge is -2.28. The van der Waals surface area contributed by atoms with Gasteiger partial charge in [0.05, 0.1) is 14.2 Å². The second-order valence-electron chi connectivity index (χ2n) is 4.60. The van der Waals surface area contributed by atoms with E-state index in [2.05, 4.69) is 10.1 Å². The van der Waals surface area contributed by atoms with Gasteiger partial charge in [-0.15, -0.1) is 0 Å². The topological polar surface area (TPSA) is 90.6 Å². The molecule has 0 aliphatic heterocycles. The average molecular weight is 280 g/mol. The summed E-state index contributed by atoms with van der Waals surface area (Å²) in [4.78, 5) is 23.4. The molecule has 1 aromatic rings. The summed E-state index contributed by atoms with van der Waals surface area (Å²) in [7, 11) is 2.52. The molecule has 0 radical (unpaired) electrons. The summed E-state index contributed by atoms with van der Waals surface area (Å²) in [6.45, 7) is 1.44. The third-order valence-corrected chi connectivity index (χ3v) is 2.85. The highest BCUT2D eigenvalue weighted by atomic mass is 16.5. The predicted octanol–water partition coefficient (Wildman–Crippen LogP) is 0.208. The van der Waals surface area contributed by atoms with Crippen molar-refractivity contribution in [3.05, 3.63) is 35.9 Å². The Labute approximate surface area is 118 Å². The molecule has 0 spiro atoms. The number of carbonyl (C=O) groups excluding carboxylic acids is 2. The Morgan fingerprint density at radius 2 is 1.85 bits per heavy atom. The van der Waals surface area contributed by atoms with Crippen molar-refractivity contribution in [1.29, 1.82) is 0 Å². The van der Waals surface area contributed by atoms with Crippen molar-refractivity contribution in [2.24, 2.45) is 5.73 Å². The lowest BCUT2D eigenvalue weighted by Crippen LogP contribution is -2.63. The first-order chi connectivity index (χ1) is 9.40. The van der Waals surface area contributed by atoms with E-state index in [9.17, 15) is 9.59 Å². The number of carbonyl (C=O) groups is 2. The van der Waals surface area contributed by atoms with Gasteiger partial charge in [-0.25, -0.2) is 4.79 Å². The van der Waals surface area contributed by atoms with Crippen LogP contribution in [0, 0.1) is 0 Å². The number of nitrogens with two attached hydrogens (primary N) is 1. The zero-order valence-corrected chi connectivity index (χ0v) is 11.9. The van der Waals surface area contributed by atoms with Crippen molar-refractivity contribution in [3.63, 3.8) is 0 Å². The predicted molar refractivity (Wildman–Crippen MR) is 73.7 cm³/mol. The maximum atomic E-state index is 11.8. The van der Waals surface area contributed by atoms with Gasteiger partial charge >= 0.3 is 11.9 Å². The molecule has 20 heavy (non-hydrogen) atoms. The lowest BCUT2D eigenvalue weighted by atomic mass is 10.0. The van der Waals surface area contributed by atoms with Crippen molar-refractivity contribution in [1.82, 2.24) is 5.32 Å². The lowest BCUT2D eigenvalue weighted by molar-refractivity contribution is -0.150. The Kier molecular flexibility index (Phi) is 5.66. The van der Waals surface area contributed by atoms with Crippen molar-refractivity contribution in [3.8, 4) is 0 Å². The quantitative estimate of drug-likeness (QED) is 0.572. The Hall–Kier alpha value is -1.92. The Morgan fingerprint density at radius 3 is 2.35 bits per heavy atom. The summed E-state index contributed by atoms with van der Waals surface area (Å²) in [6, 6.07) is 8.63. The summed E-state index contributed by atoms with van der Waals surface area (Å²) < 4.78 is 9.34. The van der Waals surface area contributed by atoms with Crippen LogP contribution in [-0.2, 0) is 25.5 Å². The van der Waals surface area contributed by atoms with Gasteiger partial charge in [0.25, 0.3) is 0 Å². The molecule has 110 valence electrons. The maximum Gasteiger partial charge on any atom is 0.340 e. The highest BCUT2D eigenvalue weighted by molar-refractivity contribution is 5.82. The summed E-state index contributed by atoms with van der Waals surface area (Å²) in [5.41, 5.74) is 5.28. The third kappa shape index (κ3) is 4.32. The molecule has 0 fully saturated rings. The van der Waals surface area contributed by atoms with E-state index in [0.717, 1.165) is 5.56 Å². The van der Waals surface area contributed by atoms with E-state index in [1.54, 1.807) is 0 Å². The molecule has 1 unspecified atom stereocenters. The summed E-state index contributed by atoms with van der Waals surface area (Å²) in [5.74, 6) is -1.14. The van der Waals surface area contributed by atoms with E-state index >= 15 is 0 Å². The molecular weight excluding hydrogens is 260 g/mol. The highest BCUT2D eigenvalue weighted by Gasteiger charge is 2.35. The largest absolute Gasteiger partial charge is 0.468 e. The Balaban J connectivity index is 2.85. The van der Waals surface area contributed by atoms with Crippen LogP contribution in [0.3, 0.4) is 0 Å². The maximum absolute atomic E-state index is 11.8. The molecule has 0 amide bonds. The van der Waals surface area contributed by atoms with Gasteiger partial charge in [-0.1, -0.05) is 30.3 Å². The smallest absolute Gasteiger partial charge is 0.340 e. The molecule has 3 N–H and O–H groups in total. The summed E-state index contributed by atoms with van der Waals surface area (Å²) >= 11 is 0. The molecule has 0 aliphatic rings. The van der Waals surface area contributed by atoms with Crippen LogP contribution in [0.4, 0.5) is 0 Å². The number of rotatable bonds is 6. The van der Waals surface area contributed by atoms with Crippen molar-refractivity contribution in [2.45, 2.75) is 25.0 Å². The molecule has 1 aromatic carbocycles. The Bertz CT molecular complexity index is 460. The second kappa shape index (κ2) is 7.02. The number of methoxy groups -OCH3 is 2. The molecule has 6 heteroatoms. The fourth-order valence-electron chi connectivity index (χ4n) is 1.82. The Morgan fingerprint density at radius 1 is 1.25 bits per heavy atom. The minimum Gasteiger partial charge on any atom is -0.468 e. The minimum atomic E-state index is -1.47. The molecule has 0 saturated carbocycles. The number of ether oxygens (including phenoxy) is 2. The molecule has 2 atom stereocenters. The van der Waals surface area contributed by atoms with Gasteiger partial charge in [0.2, 0.25) is 0 Å². The fourth-order valence-corrected chi connectivity index (χ4v) is 1.82. The third-order valence-electron chi connectivity index (χ3n) is 2.85. The van der Waals surface area contributed by atoms with Crippen molar-refractivity contribution < 1.29 is 19.1 Å².